The highest BCUT2D eigenvalue weighted by Crippen LogP contribution is 2.27. The fourth-order valence-electron chi connectivity index (χ4n) is 2.90. The first-order chi connectivity index (χ1) is 12.7. The molecule has 7 heteroatoms. The Balaban J connectivity index is 2.02. The van der Waals surface area contributed by atoms with E-state index in [1.54, 1.807) is 19.9 Å². The number of hydrogen-bond acceptors (Lipinski definition) is 3. The van der Waals surface area contributed by atoms with Crippen LogP contribution in [0.25, 0.3) is 0 Å². The summed E-state index contributed by atoms with van der Waals surface area (Å²) in [6, 6.07) is 5.62. The second-order valence-electron chi connectivity index (χ2n) is 6.67. The predicted octanol–water partition coefficient (Wildman–Crippen LogP) is 3.18. The van der Waals surface area contributed by atoms with E-state index in [0.717, 1.165) is 5.76 Å². The minimum atomic E-state index is -1.19. The number of guanidine groups is 1. The zero-order valence-electron chi connectivity index (χ0n) is 16.2. The van der Waals surface area contributed by atoms with Crippen molar-refractivity contribution in [3.05, 3.63) is 58.5 Å². The van der Waals surface area contributed by atoms with Crippen LogP contribution in [0.2, 0.25) is 0 Å². The van der Waals surface area contributed by atoms with Crippen LogP contribution in [-0.2, 0) is 12.0 Å². The molecule has 0 aliphatic carbocycles. The molecule has 2 aromatic rings. The molecule has 0 aliphatic heterocycles. The smallest absolute Gasteiger partial charge is 0.191 e. The number of aliphatic imine (C=N–C) groups is 1. The fraction of sp³-hybridized carbons (Fsp3) is 0.450. The lowest BCUT2D eigenvalue weighted by molar-refractivity contribution is 0.0657. The number of hydrogen-bond donors (Lipinski definition) is 3. The Morgan fingerprint density at radius 2 is 1.89 bits per heavy atom. The first-order valence-electron chi connectivity index (χ1n) is 8.99. The van der Waals surface area contributed by atoms with Crippen LogP contribution in [0.4, 0.5) is 8.78 Å². The van der Waals surface area contributed by atoms with E-state index in [1.807, 2.05) is 13.8 Å². The minimum Gasteiger partial charge on any atom is -0.466 e. The van der Waals surface area contributed by atoms with Crippen molar-refractivity contribution in [3.63, 3.8) is 0 Å². The van der Waals surface area contributed by atoms with Crippen LogP contribution in [0.1, 0.15) is 36.5 Å². The molecule has 0 radical (unpaired) electrons. The van der Waals surface area contributed by atoms with Crippen molar-refractivity contribution in [2.75, 3.05) is 19.6 Å². The van der Waals surface area contributed by atoms with Gasteiger partial charge >= 0.3 is 0 Å². The van der Waals surface area contributed by atoms with E-state index in [9.17, 15) is 13.9 Å². The number of nitrogens with one attached hydrogen (secondary N) is 2. The molecule has 1 aromatic heterocycles. The molecule has 2 rings (SSSR count). The van der Waals surface area contributed by atoms with Crippen LogP contribution in [0.5, 0.6) is 0 Å². The SMILES string of the molecule is CCNC(=NCC(C)(O)c1cc(C)oc1C)NCCc1c(F)cccc1F. The van der Waals surface area contributed by atoms with Gasteiger partial charge in [-0.25, -0.2) is 13.8 Å². The zero-order chi connectivity index (χ0) is 20.0. The lowest BCUT2D eigenvalue weighted by Gasteiger charge is -2.21. The molecule has 5 nitrogen and oxygen atoms in total. The molecule has 0 saturated heterocycles. The van der Waals surface area contributed by atoms with Crippen LogP contribution in [-0.4, -0.2) is 30.7 Å². The van der Waals surface area contributed by atoms with Crippen LogP contribution in [0, 0.1) is 25.5 Å². The Kier molecular flexibility index (Phi) is 6.96. The van der Waals surface area contributed by atoms with Crippen molar-refractivity contribution in [3.8, 4) is 0 Å². The molecule has 1 heterocycles. The van der Waals surface area contributed by atoms with E-state index in [1.165, 1.54) is 18.2 Å². The summed E-state index contributed by atoms with van der Waals surface area (Å²) in [5.41, 5.74) is -0.465. The van der Waals surface area contributed by atoms with E-state index in [2.05, 4.69) is 15.6 Å². The summed E-state index contributed by atoms with van der Waals surface area (Å²) in [5.74, 6) is 0.719. The van der Waals surface area contributed by atoms with Gasteiger partial charge in [-0.05, 0) is 52.3 Å². The Morgan fingerprint density at radius 3 is 2.44 bits per heavy atom. The van der Waals surface area contributed by atoms with E-state index in [-0.39, 0.29) is 18.5 Å². The van der Waals surface area contributed by atoms with E-state index in [4.69, 9.17) is 4.42 Å². The third kappa shape index (κ3) is 5.53. The van der Waals surface area contributed by atoms with Crippen molar-refractivity contribution in [2.24, 2.45) is 4.99 Å². The van der Waals surface area contributed by atoms with Crippen molar-refractivity contribution in [2.45, 2.75) is 39.7 Å². The molecule has 1 atom stereocenters. The van der Waals surface area contributed by atoms with Crippen molar-refractivity contribution in [1.82, 2.24) is 10.6 Å². The maximum Gasteiger partial charge on any atom is 0.191 e. The van der Waals surface area contributed by atoms with Gasteiger partial charge in [0.2, 0.25) is 0 Å². The summed E-state index contributed by atoms with van der Waals surface area (Å²) in [5, 5.41) is 16.8. The van der Waals surface area contributed by atoms with Crippen LogP contribution in [0.3, 0.4) is 0 Å². The van der Waals surface area contributed by atoms with Gasteiger partial charge in [0.15, 0.2) is 5.96 Å². The molecule has 0 bridgehead atoms. The molecule has 0 spiro atoms. The highest BCUT2D eigenvalue weighted by atomic mass is 19.1. The zero-order valence-corrected chi connectivity index (χ0v) is 16.2. The summed E-state index contributed by atoms with van der Waals surface area (Å²) in [4.78, 5) is 4.40. The summed E-state index contributed by atoms with van der Waals surface area (Å²) >= 11 is 0. The summed E-state index contributed by atoms with van der Waals surface area (Å²) in [6.45, 7) is 8.23. The number of halogens is 2. The maximum atomic E-state index is 13.7. The first kappa shape index (κ1) is 20.9. The second-order valence-corrected chi connectivity index (χ2v) is 6.67. The Bertz CT molecular complexity index is 780. The number of benzene rings is 1. The fourth-order valence-corrected chi connectivity index (χ4v) is 2.90. The Labute approximate surface area is 158 Å². The van der Waals surface area contributed by atoms with Gasteiger partial charge in [-0.2, -0.15) is 0 Å². The van der Waals surface area contributed by atoms with Gasteiger partial charge in [0.25, 0.3) is 0 Å². The van der Waals surface area contributed by atoms with Crippen molar-refractivity contribution < 1.29 is 18.3 Å². The summed E-state index contributed by atoms with van der Waals surface area (Å²) in [6.07, 6.45) is 0.180. The van der Waals surface area contributed by atoms with Gasteiger partial charge in [0, 0.05) is 24.2 Å². The van der Waals surface area contributed by atoms with Crippen LogP contribution >= 0.6 is 0 Å². The molecule has 1 unspecified atom stereocenters. The molecule has 27 heavy (non-hydrogen) atoms. The average molecular weight is 379 g/mol. The molecule has 0 amide bonds. The molecule has 0 saturated carbocycles. The number of furan rings is 1. The monoisotopic (exact) mass is 379 g/mol. The number of aryl methyl sites for hydroxylation is 2. The van der Waals surface area contributed by atoms with Gasteiger partial charge in [-0.1, -0.05) is 6.07 Å². The number of rotatable bonds is 7. The molecule has 1 aromatic carbocycles. The molecule has 148 valence electrons. The minimum absolute atomic E-state index is 0.0392. The van der Waals surface area contributed by atoms with Gasteiger partial charge in [0.05, 0.1) is 6.54 Å². The second kappa shape index (κ2) is 8.99. The lowest BCUT2D eigenvalue weighted by atomic mass is 9.96. The third-order valence-electron chi connectivity index (χ3n) is 4.24. The van der Waals surface area contributed by atoms with Crippen LogP contribution < -0.4 is 10.6 Å². The quantitative estimate of drug-likeness (QED) is 0.511. The Hall–Kier alpha value is -2.41. The molecule has 0 aliphatic rings. The van der Waals surface area contributed by atoms with Gasteiger partial charge in [-0.3, -0.25) is 0 Å². The molecular formula is C20H27F2N3O2. The van der Waals surface area contributed by atoms with E-state index in [0.29, 0.717) is 30.4 Å². The standard InChI is InChI=1S/C20H27F2N3O2/c1-5-23-19(24-10-9-15-17(21)7-6-8-18(15)22)25-12-20(4,26)16-11-13(2)27-14(16)3/h6-8,11,26H,5,9-10,12H2,1-4H3,(H2,23,24,25). The average Bonchev–Trinajstić information content (AvgIpc) is 2.94. The normalized spacial score (nSPS) is 14.1. The van der Waals surface area contributed by atoms with Crippen molar-refractivity contribution in [1.29, 1.82) is 0 Å². The number of nitrogens with zero attached hydrogens (tertiary/aromatic N) is 1. The van der Waals surface area contributed by atoms with Gasteiger partial charge in [0.1, 0.15) is 28.8 Å². The highest BCUT2D eigenvalue weighted by molar-refractivity contribution is 5.79. The largest absolute Gasteiger partial charge is 0.466 e. The first-order valence-corrected chi connectivity index (χ1v) is 8.99. The highest BCUT2D eigenvalue weighted by Gasteiger charge is 2.27. The van der Waals surface area contributed by atoms with Crippen LogP contribution in [0.15, 0.2) is 33.7 Å². The molecular weight excluding hydrogens is 352 g/mol. The van der Waals surface area contributed by atoms with E-state index < -0.39 is 17.2 Å². The third-order valence-corrected chi connectivity index (χ3v) is 4.24. The summed E-state index contributed by atoms with van der Waals surface area (Å²) < 4.78 is 32.9. The predicted molar refractivity (Wildman–Crippen MR) is 102 cm³/mol. The lowest BCUT2D eigenvalue weighted by Crippen LogP contribution is -2.40. The summed E-state index contributed by atoms with van der Waals surface area (Å²) in [7, 11) is 0. The Morgan fingerprint density at radius 1 is 1.22 bits per heavy atom. The number of aliphatic hydroxyl groups is 1. The molecule has 0 fully saturated rings. The van der Waals surface area contributed by atoms with E-state index >= 15 is 0 Å². The molecule has 3 N–H and O–H groups in total. The maximum absolute atomic E-state index is 13.7. The van der Waals surface area contributed by atoms with Gasteiger partial charge in [-0.15, -0.1) is 0 Å². The van der Waals surface area contributed by atoms with Crippen molar-refractivity contribution >= 4 is 5.96 Å². The topological polar surface area (TPSA) is 69.8 Å². The van der Waals surface area contributed by atoms with Gasteiger partial charge < -0.3 is 20.2 Å².